The third-order valence-electron chi connectivity index (χ3n) is 4.41. The molecule has 2 aromatic rings. The lowest BCUT2D eigenvalue weighted by Gasteiger charge is -2.29. The number of carbonyl (C=O) groups is 2. The molecule has 1 aliphatic carbocycles. The number of oxazole rings is 1. The Morgan fingerprint density at radius 3 is 2.79 bits per heavy atom. The fraction of sp³-hybridized carbons (Fsp3) is 0.500. The second kappa shape index (κ2) is 6.46. The lowest BCUT2D eigenvalue weighted by Crippen LogP contribution is -2.47. The number of aryl methyl sites for hydroxylation is 2. The molecule has 2 aromatic heterocycles. The van der Waals surface area contributed by atoms with Crippen molar-refractivity contribution in [2.45, 2.75) is 38.6 Å². The number of hydrogen-bond donors (Lipinski definition) is 2. The third kappa shape index (κ3) is 3.17. The van der Waals surface area contributed by atoms with Crippen LogP contribution in [-0.4, -0.2) is 32.6 Å². The fourth-order valence-electron chi connectivity index (χ4n) is 3.14. The van der Waals surface area contributed by atoms with Crippen molar-refractivity contribution in [3.63, 3.8) is 0 Å². The maximum Gasteiger partial charge on any atom is 0.273 e. The molecule has 0 saturated heterocycles. The van der Waals surface area contributed by atoms with Gasteiger partial charge in [0.1, 0.15) is 5.76 Å². The van der Waals surface area contributed by atoms with Crippen LogP contribution in [0.5, 0.6) is 0 Å². The van der Waals surface area contributed by atoms with Gasteiger partial charge in [0, 0.05) is 19.3 Å². The van der Waals surface area contributed by atoms with Gasteiger partial charge in [-0.3, -0.25) is 14.3 Å². The number of primary amides is 1. The van der Waals surface area contributed by atoms with E-state index in [4.69, 9.17) is 10.2 Å². The minimum atomic E-state index is -0.368. The van der Waals surface area contributed by atoms with Gasteiger partial charge in [0.25, 0.3) is 5.91 Å². The molecule has 1 saturated carbocycles. The number of rotatable bonds is 4. The van der Waals surface area contributed by atoms with E-state index in [2.05, 4.69) is 15.4 Å². The van der Waals surface area contributed by atoms with Crippen LogP contribution in [0.1, 0.15) is 41.9 Å². The van der Waals surface area contributed by atoms with E-state index < -0.39 is 0 Å². The smallest absolute Gasteiger partial charge is 0.273 e. The predicted octanol–water partition coefficient (Wildman–Crippen LogP) is 1.16. The average Bonchev–Trinajstić information content (AvgIpc) is 3.13. The van der Waals surface area contributed by atoms with Crippen molar-refractivity contribution in [2.75, 3.05) is 0 Å². The standard InChI is InChI=1S/C16H21N5O3/c1-9-13(20-16(24-9)10-7-18-21(2)8-10)15(23)19-12-6-4-3-5-11(12)14(17)22/h7-8,11-12H,3-6H2,1-2H3,(H2,17,22)(H,19,23). The number of aromatic nitrogens is 3. The van der Waals surface area contributed by atoms with E-state index in [1.54, 1.807) is 31.0 Å². The van der Waals surface area contributed by atoms with Crippen LogP contribution in [0.3, 0.4) is 0 Å². The summed E-state index contributed by atoms with van der Waals surface area (Å²) < 4.78 is 7.21. The molecule has 3 N–H and O–H groups in total. The molecule has 1 aliphatic rings. The highest BCUT2D eigenvalue weighted by Crippen LogP contribution is 2.25. The van der Waals surface area contributed by atoms with Gasteiger partial charge in [0.15, 0.2) is 5.69 Å². The van der Waals surface area contributed by atoms with Crippen LogP contribution in [0.25, 0.3) is 11.5 Å². The van der Waals surface area contributed by atoms with Crippen molar-refractivity contribution < 1.29 is 14.0 Å². The zero-order valence-electron chi connectivity index (χ0n) is 13.8. The van der Waals surface area contributed by atoms with Gasteiger partial charge in [-0.25, -0.2) is 4.98 Å². The number of amides is 2. The summed E-state index contributed by atoms with van der Waals surface area (Å²) in [4.78, 5) is 28.4. The summed E-state index contributed by atoms with van der Waals surface area (Å²) in [6.45, 7) is 1.69. The van der Waals surface area contributed by atoms with Crippen LogP contribution in [-0.2, 0) is 11.8 Å². The highest BCUT2D eigenvalue weighted by atomic mass is 16.4. The summed E-state index contributed by atoms with van der Waals surface area (Å²) in [7, 11) is 1.79. The lowest BCUT2D eigenvalue weighted by atomic mass is 9.84. The monoisotopic (exact) mass is 331 g/mol. The normalized spacial score (nSPS) is 20.8. The highest BCUT2D eigenvalue weighted by Gasteiger charge is 2.31. The van der Waals surface area contributed by atoms with Crippen molar-refractivity contribution in [1.82, 2.24) is 20.1 Å². The maximum atomic E-state index is 12.5. The van der Waals surface area contributed by atoms with E-state index >= 15 is 0 Å². The summed E-state index contributed by atoms with van der Waals surface area (Å²) in [5.41, 5.74) is 6.38. The molecule has 2 amide bonds. The van der Waals surface area contributed by atoms with Gasteiger partial charge in [-0.05, 0) is 19.8 Å². The molecule has 0 radical (unpaired) electrons. The van der Waals surface area contributed by atoms with Gasteiger partial charge in [0.2, 0.25) is 11.8 Å². The third-order valence-corrected chi connectivity index (χ3v) is 4.41. The molecule has 2 unspecified atom stereocenters. The number of carbonyl (C=O) groups excluding carboxylic acids is 2. The molecule has 0 aliphatic heterocycles. The second-order valence-corrected chi connectivity index (χ2v) is 6.20. The van der Waals surface area contributed by atoms with E-state index in [1.165, 1.54) is 0 Å². The molecule has 0 spiro atoms. The molecule has 8 heteroatoms. The van der Waals surface area contributed by atoms with Gasteiger partial charge in [-0.1, -0.05) is 12.8 Å². The Kier molecular flexibility index (Phi) is 4.37. The van der Waals surface area contributed by atoms with Crippen molar-refractivity contribution in [3.05, 3.63) is 23.8 Å². The van der Waals surface area contributed by atoms with Gasteiger partial charge in [-0.2, -0.15) is 5.10 Å². The van der Waals surface area contributed by atoms with E-state index in [9.17, 15) is 9.59 Å². The SMILES string of the molecule is Cc1oc(-c2cnn(C)c2)nc1C(=O)NC1CCCCC1C(N)=O. The molecular formula is C16H21N5O3. The Morgan fingerprint density at radius 1 is 1.38 bits per heavy atom. The first-order chi connectivity index (χ1) is 11.5. The van der Waals surface area contributed by atoms with Crippen LogP contribution in [0.15, 0.2) is 16.8 Å². The van der Waals surface area contributed by atoms with Crippen LogP contribution >= 0.6 is 0 Å². The summed E-state index contributed by atoms with van der Waals surface area (Å²) in [6.07, 6.45) is 6.75. The van der Waals surface area contributed by atoms with Crippen LogP contribution in [0, 0.1) is 12.8 Å². The van der Waals surface area contributed by atoms with E-state index in [1.807, 2.05) is 0 Å². The van der Waals surface area contributed by atoms with E-state index in [0.717, 1.165) is 19.3 Å². The molecule has 8 nitrogen and oxygen atoms in total. The predicted molar refractivity (Wildman–Crippen MR) is 85.8 cm³/mol. The van der Waals surface area contributed by atoms with Crippen molar-refractivity contribution in [1.29, 1.82) is 0 Å². The van der Waals surface area contributed by atoms with Crippen LogP contribution < -0.4 is 11.1 Å². The van der Waals surface area contributed by atoms with Gasteiger partial charge >= 0.3 is 0 Å². The van der Waals surface area contributed by atoms with Gasteiger partial charge in [0.05, 0.1) is 17.7 Å². The zero-order chi connectivity index (χ0) is 17.3. The topological polar surface area (TPSA) is 116 Å². The first-order valence-corrected chi connectivity index (χ1v) is 8.02. The van der Waals surface area contributed by atoms with Gasteiger partial charge < -0.3 is 15.5 Å². The summed E-state index contributed by atoms with van der Waals surface area (Å²) >= 11 is 0. The largest absolute Gasteiger partial charge is 0.440 e. The highest BCUT2D eigenvalue weighted by molar-refractivity contribution is 5.94. The van der Waals surface area contributed by atoms with Crippen molar-refractivity contribution in [3.8, 4) is 11.5 Å². The minimum absolute atomic E-state index is 0.225. The Hall–Kier alpha value is -2.64. The summed E-state index contributed by atoms with van der Waals surface area (Å²) in [6, 6.07) is -0.248. The second-order valence-electron chi connectivity index (χ2n) is 6.20. The molecule has 2 heterocycles. The molecule has 2 atom stereocenters. The lowest BCUT2D eigenvalue weighted by molar-refractivity contribution is -0.123. The Bertz CT molecular complexity index is 764. The van der Waals surface area contributed by atoms with Crippen LogP contribution in [0.4, 0.5) is 0 Å². The Balaban J connectivity index is 1.77. The average molecular weight is 331 g/mol. The molecule has 3 rings (SSSR count). The number of hydrogen-bond acceptors (Lipinski definition) is 5. The number of nitrogens with zero attached hydrogens (tertiary/aromatic N) is 3. The first kappa shape index (κ1) is 16.2. The molecule has 1 fully saturated rings. The fourth-order valence-corrected chi connectivity index (χ4v) is 3.14. The molecule has 24 heavy (non-hydrogen) atoms. The summed E-state index contributed by atoms with van der Waals surface area (Å²) in [5.74, 6) is -0.260. The Labute approximate surface area is 139 Å². The quantitative estimate of drug-likeness (QED) is 0.872. The molecule has 128 valence electrons. The van der Waals surface area contributed by atoms with Crippen molar-refractivity contribution >= 4 is 11.8 Å². The molecular weight excluding hydrogens is 310 g/mol. The first-order valence-electron chi connectivity index (χ1n) is 8.02. The minimum Gasteiger partial charge on any atom is -0.440 e. The Morgan fingerprint density at radius 2 is 2.12 bits per heavy atom. The maximum absolute atomic E-state index is 12.5. The van der Waals surface area contributed by atoms with Gasteiger partial charge in [-0.15, -0.1) is 0 Å². The number of nitrogens with two attached hydrogens (primary N) is 1. The zero-order valence-corrected chi connectivity index (χ0v) is 13.8. The number of nitrogens with one attached hydrogen (secondary N) is 1. The van der Waals surface area contributed by atoms with E-state index in [0.29, 0.717) is 23.6 Å². The van der Waals surface area contributed by atoms with E-state index in [-0.39, 0.29) is 29.5 Å². The van der Waals surface area contributed by atoms with Crippen molar-refractivity contribution in [2.24, 2.45) is 18.7 Å². The van der Waals surface area contributed by atoms with Crippen LogP contribution in [0.2, 0.25) is 0 Å². The summed E-state index contributed by atoms with van der Waals surface area (Å²) in [5, 5.41) is 6.96. The molecule has 0 bridgehead atoms. The molecule has 0 aromatic carbocycles.